The number of carboxylic acid groups (broad SMARTS) is 1. The molecule has 0 aromatic heterocycles. The van der Waals surface area contributed by atoms with E-state index in [9.17, 15) is 4.79 Å². The van der Waals surface area contributed by atoms with Crippen molar-refractivity contribution in [2.75, 3.05) is 13.2 Å². The molecule has 29 heavy (non-hydrogen) atoms. The molecule has 0 aromatic carbocycles. The standard InChI is InChI=1S/C12H24O2.C4H10O2.2C4H9.Sn/c1-2-3-4-5-6-7-8-9-10-11-12(13)14;5-3-1-2-4-6;2*1-3-4-2;/h2-11H2,1H3,(H,13,14);5-6H,1-4H2;2*1,3-4H2,2H3;. The number of aliphatic hydroxyl groups is 2. The Hall–Kier alpha value is 0.189. The van der Waals surface area contributed by atoms with E-state index >= 15 is 0 Å². The van der Waals surface area contributed by atoms with Gasteiger partial charge in [0, 0.05) is 19.6 Å². The van der Waals surface area contributed by atoms with E-state index in [2.05, 4.69) is 20.8 Å². The monoisotopic (exact) mass is 524 g/mol. The van der Waals surface area contributed by atoms with Crippen LogP contribution in [0.3, 0.4) is 0 Å². The van der Waals surface area contributed by atoms with Gasteiger partial charge in [-0.2, -0.15) is 0 Å². The average Bonchev–Trinajstić information content (AvgIpc) is 2.72. The molecule has 0 rings (SSSR count). The summed E-state index contributed by atoms with van der Waals surface area (Å²) in [6.07, 6.45) is 18.8. The van der Waals surface area contributed by atoms with Gasteiger partial charge >= 0.3 is 75.5 Å². The number of carbonyl (C=O) groups is 1. The second-order valence-corrected chi connectivity index (χ2v) is 11.9. The molecule has 0 fully saturated rings. The normalized spacial score (nSPS) is 9.97. The smallest absolute Gasteiger partial charge is 0.0431 e. The topological polar surface area (TPSA) is 77.8 Å². The summed E-state index contributed by atoms with van der Waals surface area (Å²) in [4.78, 5) is 10.2. The molecule has 0 spiro atoms. The van der Waals surface area contributed by atoms with Crippen LogP contribution in [0.4, 0.5) is 0 Å². The summed E-state index contributed by atoms with van der Waals surface area (Å²) in [5.41, 5.74) is 0. The molecule has 176 valence electrons. The number of rotatable bonds is 19. The van der Waals surface area contributed by atoms with Crippen LogP contribution in [0.25, 0.3) is 0 Å². The van der Waals surface area contributed by atoms with Crippen LogP contribution in [-0.2, 0) is 4.79 Å². The molecule has 0 atom stereocenters. The Kier molecular flexibility index (Phi) is 41.5. The number of aliphatic carboxylic acids is 1. The summed E-state index contributed by atoms with van der Waals surface area (Å²) in [6, 6.07) is 0. The van der Waals surface area contributed by atoms with Crippen LogP contribution < -0.4 is 0 Å². The molecule has 2 radical (unpaired) electrons. The number of unbranched alkanes of at least 4 members (excludes halogenated alkanes) is 11. The van der Waals surface area contributed by atoms with Gasteiger partial charge in [0.05, 0.1) is 0 Å². The predicted molar refractivity (Wildman–Crippen MR) is 128 cm³/mol. The van der Waals surface area contributed by atoms with Crippen LogP contribution in [0, 0.1) is 0 Å². The van der Waals surface area contributed by atoms with Crippen LogP contribution in [0.5, 0.6) is 0 Å². The molecular weight excluding hydrogens is 471 g/mol. The minimum Gasteiger partial charge on any atom is -0.396 e. The van der Waals surface area contributed by atoms with Crippen LogP contribution in [0.1, 0.15) is 124 Å². The maximum atomic E-state index is 10.2. The fraction of sp³-hybridized carbons (Fsp3) is 0.958. The minimum absolute atomic E-state index is 0.149. The predicted octanol–water partition coefficient (Wildman–Crippen LogP) is 6.87. The van der Waals surface area contributed by atoms with Gasteiger partial charge in [0.15, 0.2) is 0 Å². The zero-order valence-corrected chi connectivity index (χ0v) is 22.7. The van der Waals surface area contributed by atoms with Crippen molar-refractivity contribution < 1.29 is 20.1 Å². The average molecular weight is 523 g/mol. The van der Waals surface area contributed by atoms with Gasteiger partial charge in [-0.1, -0.05) is 58.3 Å². The SMILES string of the molecule is CCCCCCCCCCCC(=O)O.CCC[CH2][Sn][CH2]CCC.OCCCCO. The van der Waals surface area contributed by atoms with Crippen molar-refractivity contribution in [3.05, 3.63) is 0 Å². The summed E-state index contributed by atoms with van der Waals surface area (Å²) >= 11 is 0.149. The van der Waals surface area contributed by atoms with Gasteiger partial charge in [0.2, 0.25) is 0 Å². The molecule has 0 heterocycles. The van der Waals surface area contributed by atoms with Crippen molar-refractivity contribution in [3.63, 3.8) is 0 Å². The van der Waals surface area contributed by atoms with Crippen molar-refractivity contribution in [2.45, 2.75) is 132 Å². The second kappa shape index (κ2) is 35.6. The Morgan fingerprint density at radius 2 is 0.966 bits per heavy atom. The van der Waals surface area contributed by atoms with E-state index in [0.29, 0.717) is 6.42 Å². The third-order valence-corrected chi connectivity index (χ3v) is 8.51. The van der Waals surface area contributed by atoms with Crippen molar-refractivity contribution in [1.82, 2.24) is 0 Å². The molecule has 0 aliphatic heterocycles. The van der Waals surface area contributed by atoms with E-state index in [0.717, 1.165) is 25.7 Å². The number of aliphatic hydroxyl groups excluding tert-OH is 2. The maximum Gasteiger partial charge on any atom is 0.0431 e. The quantitative estimate of drug-likeness (QED) is 0.128. The number of hydrogen-bond acceptors (Lipinski definition) is 3. The molecular formula is C24H52O4Sn. The molecule has 0 amide bonds. The van der Waals surface area contributed by atoms with Crippen LogP contribution in [0.2, 0.25) is 8.87 Å². The zero-order chi connectivity index (χ0) is 22.4. The number of carboxylic acids is 1. The summed E-state index contributed by atoms with van der Waals surface area (Å²) in [5.74, 6) is -0.659. The van der Waals surface area contributed by atoms with E-state index in [1.807, 2.05) is 0 Å². The van der Waals surface area contributed by atoms with E-state index in [1.165, 1.54) is 70.6 Å². The van der Waals surface area contributed by atoms with Crippen molar-refractivity contribution >= 4 is 27.1 Å². The first kappa shape index (κ1) is 33.8. The fourth-order valence-corrected chi connectivity index (χ4v) is 6.70. The maximum absolute atomic E-state index is 10.2. The Morgan fingerprint density at radius 3 is 1.31 bits per heavy atom. The largest absolute Gasteiger partial charge is 0.396 e. The molecule has 0 aliphatic carbocycles. The van der Waals surface area contributed by atoms with Gasteiger partial charge in [-0.15, -0.1) is 0 Å². The molecule has 0 aliphatic rings. The molecule has 3 N–H and O–H groups in total. The molecule has 0 saturated heterocycles. The van der Waals surface area contributed by atoms with Crippen molar-refractivity contribution in [1.29, 1.82) is 0 Å². The van der Waals surface area contributed by atoms with Crippen molar-refractivity contribution in [3.8, 4) is 0 Å². The first-order valence-electron chi connectivity index (χ1n) is 12.2. The van der Waals surface area contributed by atoms with Gasteiger partial charge in [-0.3, -0.25) is 4.79 Å². The second-order valence-electron chi connectivity index (χ2n) is 7.58. The van der Waals surface area contributed by atoms with Gasteiger partial charge in [-0.05, 0) is 19.3 Å². The van der Waals surface area contributed by atoms with Gasteiger partial charge in [0.1, 0.15) is 0 Å². The first-order chi connectivity index (χ1) is 14.1. The Balaban J connectivity index is -0.000000386. The molecule has 0 saturated carbocycles. The van der Waals surface area contributed by atoms with Crippen LogP contribution in [-0.4, -0.2) is 55.6 Å². The molecule has 0 aromatic rings. The molecule has 0 bridgehead atoms. The molecule has 4 nitrogen and oxygen atoms in total. The van der Waals surface area contributed by atoms with Gasteiger partial charge in [-0.25, -0.2) is 0 Å². The first-order valence-corrected chi connectivity index (χ1v) is 16.3. The van der Waals surface area contributed by atoms with Gasteiger partial charge in [0.25, 0.3) is 0 Å². The zero-order valence-electron chi connectivity index (χ0n) is 19.9. The molecule has 5 heteroatoms. The summed E-state index contributed by atoms with van der Waals surface area (Å²) in [7, 11) is 0. The summed E-state index contributed by atoms with van der Waals surface area (Å²) < 4.78 is 3.25. The Labute approximate surface area is 192 Å². The minimum atomic E-state index is -0.659. The Bertz CT molecular complexity index is 266. The van der Waals surface area contributed by atoms with Crippen LogP contribution >= 0.6 is 0 Å². The fourth-order valence-electron chi connectivity index (χ4n) is 2.54. The van der Waals surface area contributed by atoms with Crippen LogP contribution in [0.15, 0.2) is 0 Å². The van der Waals surface area contributed by atoms with E-state index in [4.69, 9.17) is 15.3 Å². The van der Waals surface area contributed by atoms with E-state index in [1.54, 1.807) is 8.87 Å². The van der Waals surface area contributed by atoms with Gasteiger partial charge < -0.3 is 15.3 Å². The number of hydrogen-bond donors (Lipinski definition) is 3. The molecule has 0 unspecified atom stereocenters. The van der Waals surface area contributed by atoms with Crippen molar-refractivity contribution in [2.24, 2.45) is 0 Å². The summed E-state index contributed by atoms with van der Waals surface area (Å²) in [6.45, 7) is 7.20. The third-order valence-electron chi connectivity index (χ3n) is 4.47. The Morgan fingerprint density at radius 1 is 0.586 bits per heavy atom. The third kappa shape index (κ3) is 47.4. The van der Waals surface area contributed by atoms with E-state index < -0.39 is 5.97 Å². The summed E-state index contributed by atoms with van der Waals surface area (Å²) in [5, 5.41) is 24.6. The van der Waals surface area contributed by atoms with E-state index in [-0.39, 0.29) is 34.4 Å².